The minimum atomic E-state index is 0.805. The van der Waals surface area contributed by atoms with Crippen LogP contribution in [0.15, 0.2) is 0 Å². The summed E-state index contributed by atoms with van der Waals surface area (Å²) in [4.78, 5) is 0. The first-order chi connectivity index (χ1) is 6.43. The fraction of sp³-hybridized carbons (Fsp3) is 1.00. The predicted molar refractivity (Wildman–Crippen MR) is 54.7 cm³/mol. The second-order valence-electron chi connectivity index (χ2n) is 3.76. The third-order valence-corrected chi connectivity index (χ3v) is 2.28. The standard InChI is InChI=1S/C10H22N2O/c11-5-1-2-6-12-7-8-13-9-10-3-4-10/h10,12H,1-9,11H2. The number of nitrogens with two attached hydrogens (primary N) is 1. The molecule has 0 heterocycles. The highest BCUT2D eigenvalue weighted by Gasteiger charge is 2.20. The van der Waals surface area contributed by atoms with Gasteiger partial charge in [0.05, 0.1) is 6.61 Å². The molecule has 3 nitrogen and oxygen atoms in total. The Balaban J connectivity index is 1.63. The number of unbranched alkanes of at least 4 members (excludes halogenated alkanes) is 1. The molecule has 1 fully saturated rings. The maximum Gasteiger partial charge on any atom is 0.0591 e. The van der Waals surface area contributed by atoms with Gasteiger partial charge in [-0.15, -0.1) is 0 Å². The highest BCUT2D eigenvalue weighted by molar-refractivity contribution is 4.71. The molecule has 0 spiro atoms. The van der Waals surface area contributed by atoms with E-state index in [-0.39, 0.29) is 0 Å². The molecule has 0 unspecified atom stereocenters. The van der Waals surface area contributed by atoms with Gasteiger partial charge in [0.25, 0.3) is 0 Å². The van der Waals surface area contributed by atoms with Crippen molar-refractivity contribution in [3.05, 3.63) is 0 Å². The van der Waals surface area contributed by atoms with E-state index in [0.717, 1.165) is 45.2 Å². The van der Waals surface area contributed by atoms with Crippen LogP contribution >= 0.6 is 0 Å². The molecule has 1 aliphatic rings. The van der Waals surface area contributed by atoms with E-state index in [2.05, 4.69) is 5.32 Å². The van der Waals surface area contributed by atoms with Crippen molar-refractivity contribution in [3.63, 3.8) is 0 Å². The Hall–Kier alpha value is -0.120. The Kier molecular flexibility index (Phi) is 6.15. The van der Waals surface area contributed by atoms with Crippen LogP contribution in [-0.2, 0) is 4.74 Å². The second kappa shape index (κ2) is 7.30. The van der Waals surface area contributed by atoms with Gasteiger partial charge in [-0.25, -0.2) is 0 Å². The summed E-state index contributed by atoms with van der Waals surface area (Å²) in [5.41, 5.74) is 5.38. The van der Waals surface area contributed by atoms with Crippen LogP contribution in [0.4, 0.5) is 0 Å². The van der Waals surface area contributed by atoms with Gasteiger partial charge in [0.2, 0.25) is 0 Å². The quantitative estimate of drug-likeness (QED) is 0.522. The molecule has 0 saturated heterocycles. The minimum Gasteiger partial charge on any atom is -0.380 e. The minimum absolute atomic E-state index is 0.805. The van der Waals surface area contributed by atoms with Crippen LogP contribution in [0.1, 0.15) is 25.7 Å². The van der Waals surface area contributed by atoms with E-state index in [1.807, 2.05) is 0 Å². The molecule has 1 rings (SSSR count). The van der Waals surface area contributed by atoms with Crippen LogP contribution in [-0.4, -0.2) is 32.8 Å². The number of ether oxygens (including phenoxy) is 1. The van der Waals surface area contributed by atoms with Crippen molar-refractivity contribution in [1.82, 2.24) is 5.32 Å². The van der Waals surface area contributed by atoms with Gasteiger partial charge in [-0.3, -0.25) is 0 Å². The van der Waals surface area contributed by atoms with Gasteiger partial charge >= 0.3 is 0 Å². The van der Waals surface area contributed by atoms with Crippen molar-refractivity contribution in [2.75, 3.05) is 32.8 Å². The highest BCUT2D eigenvalue weighted by Crippen LogP contribution is 2.28. The van der Waals surface area contributed by atoms with Crippen LogP contribution in [0.3, 0.4) is 0 Å². The molecule has 0 atom stereocenters. The lowest BCUT2D eigenvalue weighted by Crippen LogP contribution is -2.21. The monoisotopic (exact) mass is 186 g/mol. The van der Waals surface area contributed by atoms with Crippen molar-refractivity contribution in [1.29, 1.82) is 0 Å². The summed E-state index contributed by atoms with van der Waals surface area (Å²) in [7, 11) is 0. The first kappa shape index (κ1) is 11.0. The van der Waals surface area contributed by atoms with Crippen LogP contribution in [0, 0.1) is 5.92 Å². The molecular formula is C10H22N2O. The molecule has 1 saturated carbocycles. The summed E-state index contributed by atoms with van der Waals surface area (Å²) in [6, 6.07) is 0. The molecule has 0 amide bonds. The molecule has 13 heavy (non-hydrogen) atoms. The van der Waals surface area contributed by atoms with Gasteiger partial charge < -0.3 is 15.8 Å². The van der Waals surface area contributed by atoms with E-state index in [1.54, 1.807) is 0 Å². The lowest BCUT2D eigenvalue weighted by molar-refractivity contribution is 0.126. The maximum atomic E-state index is 5.48. The average molecular weight is 186 g/mol. The smallest absolute Gasteiger partial charge is 0.0591 e. The van der Waals surface area contributed by atoms with Gasteiger partial charge in [0.1, 0.15) is 0 Å². The Morgan fingerprint density at radius 2 is 2.08 bits per heavy atom. The topological polar surface area (TPSA) is 47.3 Å². The van der Waals surface area contributed by atoms with E-state index in [9.17, 15) is 0 Å². The maximum absolute atomic E-state index is 5.48. The lowest BCUT2D eigenvalue weighted by Gasteiger charge is -2.04. The summed E-state index contributed by atoms with van der Waals surface area (Å²) in [5.74, 6) is 0.886. The first-order valence-corrected chi connectivity index (χ1v) is 5.42. The predicted octanol–water partition coefficient (Wildman–Crippen LogP) is 0.742. The molecule has 3 heteroatoms. The Labute approximate surface area is 81.0 Å². The highest BCUT2D eigenvalue weighted by atomic mass is 16.5. The van der Waals surface area contributed by atoms with E-state index in [1.165, 1.54) is 19.3 Å². The lowest BCUT2D eigenvalue weighted by atomic mass is 10.3. The van der Waals surface area contributed by atoms with Crippen LogP contribution < -0.4 is 11.1 Å². The Morgan fingerprint density at radius 1 is 1.23 bits per heavy atom. The normalized spacial score (nSPS) is 16.4. The number of hydrogen-bond donors (Lipinski definition) is 2. The molecule has 0 aromatic carbocycles. The molecule has 0 aliphatic heterocycles. The van der Waals surface area contributed by atoms with Crippen LogP contribution in [0.5, 0.6) is 0 Å². The third-order valence-electron chi connectivity index (χ3n) is 2.28. The largest absolute Gasteiger partial charge is 0.380 e. The zero-order chi connectivity index (χ0) is 9.36. The van der Waals surface area contributed by atoms with Gasteiger partial charge in [0, 0.05) is 13.2 Å². The van der Waals surface area contributed by atoms with Crippen LogP contribution in [0.25, 0.3) is 0 Å². The summed E-state index contributed by atoms with van der Waals surface area (Å²) < 4.78 is 5.48. The van der Waals surface area contributed by atoms with Gasteiger partial charge in [-0.1, -0.05) is 0 Å². The summed E-state index contributed by atoms with van der Waals surface area (Å²) in [5, 5.41) is 3.33. The van der Waals surface area contributed by atoms with Crippen LogP contribution in [0.2, 0.25) is 0 Å². The van der Waals surface area contributed by atoms with Crippen molar-refractivity contribution in [3.8, 4) is 0 Å². The fourth-order valence-corrected chi connectivity index (χ4v) is 1.20. The summed E-state index contributed by atoms with van der Waals surface area (Å²) in [6.07, 6.45) is 5.06. The Morgan fingerprint density at radius 3 is 2.77 bits per heavy atom. The third kappa shape index (κ3) is 6.99. The summed E-state index contributed by atoms with van der Waals surface area (Å²) >= 11 is 0. The van der Waals surface area contributed by atoms with E-state index >= 15 is 0 Å². The molecule has 0 aromatic heterocycles. The molecular weight excluding hydrogens is 164 g/mol. The number of hydrogen-bond acceptors (Lipinski definition) is 3. The zero-order valence-corrected chi connectivity index (χ0v) is 8.43. The van der Waals surface area contributed by atoms with Crippen molar-refractivity contribution < 1.29 is 4.74 Å². The molecule has 1 aliphatic carbocycles. The molecule has 0 bridgehead atoms. The van der Waals surface area contributed by atoms with Crippen molar-refractivity contribution in [2.45, 2.75) is 25.7 Å². The van der Waals surface area contributed by atoms with E-state index in [4.69, 9.17) is 10.5 Å². The molecule has 0 radical (unpaired) electrons. The SMILES string of the molecule is NCCCCNCCOCC1CC1. The number of rotatable bonds is 9. The van der Waals surface area contributed by atoms with Crippen molar-refractivity contribution >= 4 is 0 Å². The summed E-state index contributed by atoms with van der Waals surface area (Å²) in [6.45, 7) is 4.70. The van der Waals surface area contributed by atoms with Gasteiger partial charge in [0.15, 0.2) is 0 Å². The molecule has 78 valence electrons. The second-order valence-corrected chi connectivity index (χ2v) is 3.76. The van der Waals surface area contributed by atoms with Crippen molar-refractivity contribution in [2.24, 2.45) is 11.7 Å². The van der Waals surface area contributed by atoms with Gasteiger partial charge in [-0.2, -0.15) is 0 Å². The zero-order valence-electron chi connectivity index (χ0n) is 8.43. The molecule has 0 aromatic rings. The van der Waals surface area contributed by atoms with E-state index in [0.29, 0.717) is 0 Å². The molecule has 3 N–H and O–H groups in total. The number of nitrogens with one attached hydrogen (secondary N) is 1. The fourth-order valence-electron chi connectivity index (χ4n) is 1.20. The Bertz CT molecular complexity index is 115. The van der Waals surface area contributed by atoms with E-state index < -0.39 is 0 Å². The van der Waals surface area contributed by atoms with Gasteiger partial charge in [-0.05, 0) is 44.7 Å². The first-order valence-electron chi connectivity index (χ1n) is 5.42. The average Bonchev–Trinajstić information content (AvgIpc) is 2.93.